The summed E-state index contributed by atoms with van der Waals surface area (Å²) in [7, 11) is 1.55. The first-order valence-corrected chi connectivity index (χ1v) is 12.0. The van der Waals surface area contributed by atoms with Gasteiger partial charge in [0, 0.05) is 38.1 Å². The quantitative estimate of drug-likeness (QED) is 0.255. The number of alkyl halides is 2. The minimum Gasteiger partial charge on any atom is -0.371 e. The molecule has 1 saturated heterocycles. The molecule has 3 atom stereocenters. The molecule has 2 unspecified atom stereocenters. The molecule has 2 aliphatic rings. The third-order valence-corrected chi connectivity index (χ3v) is 6.92. The number of anilines is 3. The highest BCUT2D eigenvalue weighted by molar-refractivity contribution is 6.03. The van der Waals surface area contributed by atoms with Crippen molar-refractivity contribution in [1.29, 1.82) is 0 Å². The number of aromatic nitrogens is 6. The Balaban J connectivity index is 1.29. The van der Waals surface area contributed by atoms with Crippen LogP contribution in [0.3, 0.4) is 0 Å². The van der Waals surface area contributed by atoms with Crippen LogP contribution in [-0.2, 0) is 9.59 Å². The van der Waals surface area contributed by atoms with Crippen molar-refractivity contribution < 1.29 is 23.2 Å². The molecule has 1 aliphatic heterocycles. The maximum Gasteiger partial charge on any atom is 0.281 e. The van der Waals surface area contributed by atoms with E-state index in [-0.39, 0.29) is 37.1 Å². The maximum absolute atomic E-state index is 13.5. The van der Waals surface area contributed by atoms with Gasteiger partial charge >= 0.3 is 0 Å². The minimum absolute atomic E-state index is 0.0196. The van der Waals surface area contributed by atoms with Crippen LogP contribution in [0.2, 0.25) is 0 Å². The van der Waals surface area contributed by atoms with E-state index in [9.17, 15) is 23.2 Å². The van der Waals surface area contributed by atoms with E-state index in [0.717, 1.165) is 4.90 Å². The van der Waals surface area contributed by atoms with Gasteiger partial charge in [0.25, 0.3) is 11.8 Å². The fourth-order valence-corrected chi connectivity index (χ4v) is 4.57. The van der Waals surface area contributed by atoms with Crippen LogP contribution in [0.1, 0.15) is 23.5 Å². The molecular weight excluding hydrogens is 516 g/mol. The molecule has 14 nitrogen and oxygen atoms in total. The van der Waals surface area contributed by atoms with E-state index in [2.05, 4.69) is 35.6 Å². The highest BCUT2D eigenvalue weighted by Gasteiger charge is 2.72. The summed E-state index contributed by atoms with van der Waals surface area (Å²) >= 11 is 0. The molecule has 2 fully saturated rings. The van der Waals surface area contributed by atoms with Gasteiger partial charge in [-0.05, 0) is 6.92 Å². The summed E-state index contributed by atoms with van der Waals surface area (Å²) in [4.78, 5) is 60.8. The zero-order valence-electron chi connectivity index (χ0n) is 21.0. The number of nitrogens with two attached hydrogens (primary N) is 1. The van der Waals surface area contributed by atoms with Crippen LogP contribution < -0.4 is 21.3 Å². The summed E-state index contributed by atoms with van der Waals surface area (Å²) < 4.78 is 28.3. The lowest BCUT2D eigenvalue weighted by atomic mass is 10.2. The molecule has 4 N–H and O–H groups in total. The van der Waals surface area contributed by atoms with Crippen LogP contribution >= 0.6 is 0 Å². The number of hydrogen-bond acceptors (Lipinski definition) is 11. The fraction of sp³-hybridized carbons (Fsp3) is 0.391. The molecule has 39 heavy (non-hydrogen) atoms. The Morgan fingerprint density at radius 3 is 2.51 bits per heavy atom. The summed E-state index contributed by atoms with van der Waals surface area (Å²) in [5.41, 5.74) is 6.35. The van der Waals surface area contributed by atoms with Crippen LogP contribution in [0.5, 0.6) is 0 Å². The largest absolute Gasteiger partial charge is 0.371 e. The lowest BCUT2D eigenvalue weighted by molar-refractivity contribution is -0.118. The Morgan fingerprint density at radius 1 is 1.21 bits per heavy atom. The van der Waals surface area contributed by atoms with Gasteiger partial charge in [0.1, 0.15) is 6.04 Å². The molecule has 3 aromatic rings. The van der Waals surface area contributed by atoms with E-state index in [1.165, 1.54) is 35.7 Å². The summed E-state index contributed by atoms with van der Waals surface area (Å²) in [6.45, 7) is 1.63. The number of carbonyl (C=O) groups is 3. The summed E-state index contributed by atoms with van der Waals surface area (Å²) in [6, 6.07) is -0.933. The van der Waals surface area contributed by atoms with Gasteiger partial charge < -0.3 is 25.8 Å². The molecule has 1 saturated carbocycles. The Bertz CT molecular complexity index is 1400. The van der Waals surface area contributed by atoms with Gasteiger partial charge in [-0.1, -0.05) is 0 Å². The lowest BCUT2D eigenvalue weighted by Crippen LogP contribution is -2.37. The molecule has 0 radical (unpaired) electrons. The van der Waals surface area contributed by atoms with Crippen molar-refractivity contribution in [2.24, 2.45) is 17.6 Å². The average Bonchev–Trinajstić information content (AvgIpc) is 3.36. The lowest BCUT2D eigenvalue weighted by Gasteiger charge is -2.19. The number of piperidine rings is 1. The molecule has 0 spiro atoms. The predicted molar refractivity (Wildman–Crippen MR) is 134 cm³/mol. The number of halogens is 2. The average molecular weight is 542 g/mol. The van der Waals surface area contributed by atoms with E-state index >= 15 is 0 Å². The number of nitrogens with one attached hydrogen (secondary N) is 2. The molecule has 3 aromatic heterocycles. The monoisotopic (exact) mass is 541 g/mol. The van der Waals surface area contributed by atoms with Gasteiger partial charge in [-0.3, -0.25) is 24.3 Å². The second-order valence-corrected chi connectivity index (χ2v) is 9.18. The van der Waals surface area contributed by atoms with E-state index < -0.39 is 35.6 Å². The Labute approximate surface area is 220 Å². The normalized spacial score (nSPS) is 19.7. The van der Waals surface area contributed by atoms with Crippen LogP contribution in [0.25, 0.3) is 11.3 Å². The number of imide groups is 1. The second kappa shape index (κ2) is 9.94. The topological polar surface area (TPSA) is 177 Å². The van der Waals surface area contributed by atoms with Gasteiger partial charge in [0.15, 0.2) is 17.3 Å². The van der Waals surface area contributed by atoms with Gasteiger partial charge in [-0.25, -0.2) is 28.7 Å². The fourth-order valence-electron chi connectivity index (χ4n) is 4.57. The van der Waals surface area contributed by atoms with Gasteiger partial charge in [0.05, 0.1) is 42.9 Å². The zero-order chi connectivity index (χ0) is 27.9. The number of fused-ring (bicyclic) bond motifs is 1. The van der Waals surface area contributed by atoms with E-state index in [4.69, 9.17) is 5.73 Å². The van der Waals surface area contributed by atoms with Crippen LogP contribution in [0.4, 0.5) is 26.4 Å². The SMILES string of the molecule is CNc1ncn([C@@H](C)C(=O)Nc2cncc(-c3cnc(N4CC5C(C4)C5(F)F)nc3)n2)c1C(=O)N(C=O)CN. The smallest absolute Gasteiger partial charge is 0.281 e. The molecule has 3 amide bonds. The molecule has 0 bridgehead atoms. The van der Waals surface area contributed by atoms with Crippen molar-refractivity contribution in [3.05, 3.63) is 36.8 Å². The Hall–Kier alpha value is -4.60. The van der Waals surface area contributed by atoms with Crippen LogP contribution in [0.15, 0.2) is 31.1 Å². The molecule has 5 rings (SSSR count). The third kappa shape index (κ3) is 4.62. The Kier molecular flexibility index (Phi) is 6.63. The first-order valence-electron chi connectivity index (χ1n) is 12.0. The molecule has 16 heteroatoms. The summed E-state index contributed by atoms with van der Waals surface area (Å²) in [6.07, 6.45) is 7.45. The minimum atomic E-state index is -2.58. The first-order chi connectivity index (χ1) is 18.7. The molecule has 204 valence electrons. The second-order valence-electron chi connectivity index (χ2n) is 9.18. The van der Waals surface area contributed by atoms with Crippen LogP contribution in [0, 0.1) is 11.8 Å². The Morgan fingerprint density at radius 2 is 1.90 bits per heavy atom. The first kappa shape index (κ1) is 26.0. The van der Waals surface area contributed by atoms with Gasteiger partial charge in [0.2, 0.25) is 18.3 Å². The van der Waals surface area contributed by atoms with Crippen molar-refractivity contribution in [1.82, 2.24) is 34.4 Å². The van der Waals surface area contributed by atoms with Crippen LogP contribution in [-0.4, -0.2) is 85.3 Å². The van der Waals surface area contributed by atoms with E-state index in [1.807, 2.05) is 0 Å². The van der Waals surface area contributed by atoms with Crippen molar-refractivity contribution in [3.8, 4) is 11.3 Å². The number of rotatable bonds is 9. The standard InChI is InChI=1S/C23H25F2N11O3/c1-12(36-10-31-19(27-2)18(36)21(39)35(9-26)11-37)20(38)33-17-6-28-5-16(32-17)13-3-29-22(30-4-13)34-7-14-15(8-34)23(14,24)25/h3-6,10-12,14-15,27H,7-9,26H2,1-2H3,(H,32,33,38)/t12-,14?,15?/m0/s1. The predicted octanol–water partition coefficient (Wildman–Crippen LogP) is 0.588. The van der Waals surface area contributed by atoms with Crippen molar-refractivity contribution in [2.75, 3.05) is 42.3 Å². The molecule has 1 aliphatic carbocycles. The number of amides is 3. The highest BCUT2D eigenvalue weighted by Crippen LogP contribution is 2.59. The molecular formula is C23H25F2N11O3. The number of hydrogen-bond donors (Lipinski definition) is 3. The summed E-state index contributed by atoms with van der Waals surface area (Å²) in [5.74, 6) is -4.45. The zero-order valence-corrected chi connectivity index (χ0v) is 21.0. The number of carbonyl (C=O) groups excluding carboxylic acids is 3. The van der Waals surface area contributed by atoms with Gasteiger partial charge in [-0.2, -0.15) is 0 Å². The van der Waals surface area contributed by atoms with Gasteiger partial charge in [-0.15, -0.1) is 0 Å². The number of imidazole rings is 1. The molecule has 0 aromatic carbocycles. The van der Waals surface area contributed by atoms with Crippen molar-refractivity contribution >= 4 is 35.8 Å². The third-order valence-electron chi connectivity index (χ3n) is 6.92. The van der Waals surface area contributed by atoms with E-state index in [1.54, 1.807) is 18.9 Å². The van der Waals surface area contributed by atoms with Crippen molar-refractivity contribution in [3.63, 3.8) is 0 Å². The highest BCUT2D eigenvalue weighted by atomic mass is 19.3. The summed E-state index contributed by atoms with van der Waals surface area (Å²) in [5, 5.41) is 5.41. The molecule has 4 heterocycles. The maximum atomic E-state index is 13.5. The van der Waals surface area contributed by atoms with E-state index in [0.29, 0.717) is 23.6 Å². The number of nitrogens with zero attached hydrogens (tertiary/aromatic N) is 8. The van der Waals surface area contributed by atoms with Crippen molar-refractivity contribution in [2.45, 2.75) is 18.9 Å².